The zero-order valence-electron chi connectivity index (χ0n) is 16.0. The lowest BCUT2D eigenvalue weighted by Gasteiger charge is -2.35. The minimum Gasteiger partial charge on any atom is -0.396 e. The van der Waals surface area contributed by atoms with Crippen molar-refractivity contribution >= 4 is 39.3 Å². The maximum atomic E-state index is 13.2. The standard InChI is InChI=1S/C19H27ClN2O4S2/c1-14-3-2-7-21(12-14)28(25,26)18-11-15(4-5-17(18)20)19(24)22-8-10-27-13-16(22)6-9-23/h4-5,11,14,16,23H,2-3,6-10,12-13H2,1H3. The first kappa shape index (κ1) is 21.9. The van der Waals surface area contributed by atoms with Crippen molar-refractivity contribution in [2.75, 3.05) is 37.7 Å². The number of sulfonamides is 1. The van der Waals surface area contributed by atoms with Gasteiger partial charge in [0.15, 0.2) is 0 Å². The van der Waals surface area contributed by atoms with Crippen LogP contribution in [0.1, 0.15) is 36.5 Å². The van der Waals surface area contributed by atoms with Crippen molar-refractivity contribution < 1.29 is 18.3 Å². The molecule has 2 aliphatic rings. The molecule has 9 heteroatoms. The first-order chi connectivity index (χ1) is 13.3. The molecule has 3 rings (SSSR count). The zero-order valence-corrected chi connectivity index (χ0v) is 18.4. The maximum Gasteiger partial charge on any atom is 0.254 e. The Balaban J connectivity index is 1.89. The van der Waals surface area contributed by atoms with Gasteiger partial charge < -0.3 is 10.0 Å². The van der Waals surface area contributed by atoms with Crippen LogP contribution in [0.3, 0.4) is 0 Å². The van der Waals surface area contributed by atoms with Crippen LogP contribution in [-0.4, -0.2) is 72.4 Å². The largest absolute Gasteiger partial charge is 0.396 e. The molecule has 156 valence electrons. The Hall–Kier alpha value is -0.800. The Morgan fingerprint density at radius 2 is 2.14 bits per heavy atom. The van der Waals surface area contributed by atoms with Crippen LogP contribution in [0.25, 0.3) is 0 Å². The summed E-state index contributed by atoms with van der Waals surface area (Å²) in [6, 6.07) is 4.45. The van der Waals surface area contributed by atoms with Crippen LogP contribution in [0, 0.1) is 5.92 Å². The van der Waals surface area contributed by atoms with Crippen LogP contribution in [0.5, 0.6) is 0 Å². The number of piperidine rings is 1. The van der Waals surface area contributed by atoms with Gasteiger partial charge in [0.25, 0.3) is 5.91 Å². The van der Waals surface area contributed by atoms with Crippen LogP contribution in [0.2, 0.25) is 5.02 Å². The highest BCUT2D eigenvalue weighted by molar-refractivity contribution is 7.99. The van der Waals surface area contributed by atoms with Crippen molar-refractivity contribution in [3.05, 3.63) is 28.8 Å². The molecule has 2 saturated heterocycles. The molecule has 0 aromatic heterocycles. The van der Waals surface area contributed by atoms with E-state index in [1.54, 1.807) is 22.7 Å². The van der Waals surface area contributed by atoms with Gasteiger partial charge in [-0.3, -0.25) is 4.79 Å². The van der Waals surface area contributed by atoms with Crippen LogP contribution in [0.15, 0.2) is 23.1 Å². The van der Waals surface area contributed by atoms with E-state index in [0.717, 1.165) is 24.3 Å². The second kappa shape index (κ2) is 9.34. The van der Waals surface area contributed by atoms with Crippen molar-refractivity contribution in [2.45, 2.75) is 37.1 Å². The highest BCUT2D eigenvalue weighted by Crippen LogP contribution is 2.30. The summed E-state index contributed by atoms with van der Waals surface area (Å²) in [5, 5.41) is 9.43. The van der Waals surface area contributed by atoms with Gasteiger partial charge >= 0.3 is 0 Å². The molecule has 0 bridgehead atoms. The molecule has 2 heterocycles. The smallest absolute Gasteiger partial charge is 0.254 e. The van der Waals surface area contributed by atoms with E-state index in [-0.39, 0.29) is 28.5 Å². The van der Waals surface area contributed by atoms with E-state index in [1.807, 2.05) is 6.92 Å². The van der Waals surface area contributed by atoms with Gasteiger partial charge in [0, 0.05) is 49.4 Å². The summed E-state index contributed by atoms with van der Waals surface area (Å²) < 4.78 is 27.8. The summed E-state index contributed by atoms with van der Waals surface area (Å²) in [7, 11) is -3.75. The number of halogens is 1. The molecule has 1 N–H and O–H groups in total. The zero-order chi connectivity index (χ0) is 20.3. The molecule has 1 aromatic carbocycles. The topological polar surface area (TPSA) is 77.9 Å². The van der Waals surface area contributed by atoms with E-state index in [0.29, 0.717) is 37.5 Å². The number of hydrogen-bond donors (Lipinski definition) is 1. The highest BCUT2D eigenvalue weighted by atomic mass is 35.5. The Labute approximate surface area is 176 Å². The molecule has 2 unspecified atom stereocenters. The van der Waals surface area contributed by atoms with Crippen molar-refractivity contribution in [1.29, 1.82) is 0 Å². The fourth-order valence-corrected chi connectivity index (χ4v) is 7.02. The van der Waals surface area contributed by atoms with Gasteiger partial charge in [-0.05, 0) is 43.4 Å². The molecule has 0 spiro atoms. The van der Waals surface area contributed by atoms with E-state index < -0.39 is 10.0 Å². The molecule has 1 amide bonds. The SMILES string of the molecule is CC1CCCN(S(=O)(=O)c2cc(C(=O)N3CCSCC3CCO)ccc2Cl)C1. The number of aliphatic hydroxyl groups excluding tert-OH is 1. The molecule has 2 atom stereocenters. The Morgan fingerprint density at radius 3 is 2.86 bits per heavy atom. The second-order valence-corrected chi connectivity index (χ2v) is 11.0. The predicted octanol–water partition coefficient (Wildman–Crippen LogP) is 2.70. The van der Waals surface area contributed by atoms with Gasteiger partial charge in [0.05, 0.1) is 5.02 Å². The lowest BCUT2D eigenvalue weighted by Crippen LogP contribution is -2.46. The van der Waals surface area contributed by atoms with Gasteiger partial charge in [0.2, 0.25) is 10.0 Å². The lowest BCUT2D eigenvalue weighted by atomic mass is 10.0. The number of carbonyl (C=O) groups is 1. The number of carbonyl (C=O) groups excluding carboxylic acids is 1. The average molecular weight is 447 g/mol. The van der Waals surface area contributed by atoms with Crippen LogP contribution in [-0.2, 0) is 10.0 Å². The fourth-order valence-electron chi connectivity index (χ4n) is 3.81. The van der Waals surface area contributed by atoms with Crippen LogP contribution in [0.4, 0.5) is 0 Å². The summed E-state index contributed by atoms with van der Waals surface area (Å²) >= 11 is 8.00. The van der Waals surface area contributed by atoms with Crippen molar-refractivity contribution in [3.8, 4) is 0 Å². The summed E-state index contributed by atoms with van der Waals surface area (Å²) in [5.41, 5.74) is 0.322. The summed E-state index contributed by atoms with van der Waals surface area (Å²) in [4.78, 5) is 14.8. The van der Waals surface area contributed by atoms with E-state index in [2.05, 4.69) is 0 Å². The summed E-state index contributed by atoms with van der Waals surface area (Å²) in [5.74, 6) is 1.70. The van der Waals surface area contributed by atoms with E-state index in [4.69, 9.17) is 11.6 Å². The quantitative estimate of drug-likeness (QED) is 0.752. The van der Waals surface area contributed by atoms with Crippen molar-refractivity contribution in [3.63, 3.8) is 0 Å². The van der Waals surface area contributed by atoms with Gasteiger partial charge in [-0.15, -0.1) is 0 Å². The van der Waals surface area contributed by atoms with Gasteiger partial charge in [-0.25, -0.2) is 8.42 Å². The number of hydrogen-bond acceptors (Lipinski definition) is 5. The highest BCUT2D eigenvalue weighted by Gasteiger charge is 2.32. The monoisotopic (exact) mass is 446 g/mol. The number of benzene rings is 1. The third-order valence-electron chi connectivity index (χ3n) is 5.37. The van der Waals surface area contributed by atoms with Crippen molar-refractivity contribution in [1.82, 2.24) is 9.21 Å². The van der Waals surface area contributed by atoms with E-state index >= 15 is 0 Å². The van der Waals surface area contributed by atoms with Gasteiger partial charge in [-0.1, -0.05) is 18.5 Å². The number of aliphatic hydroxyl groups is 1. The Kier molecular flexibility index (Phi) is 7.31. The molecule has 2 aliphatic heterocycles. The van der Waals surface area contributed by atoms with Gasteiger partial charge in [-0.2, -0.15) is 16.1 Å². The van der Waals surface area contributed by atoms with E-state index in [1.165, 1.54) is 16.4 Å². The molecule has 0 radical (unpaired) electrons. The lowest BCUT2D eigenvalue weighted by molar-refractivity contribution is 0.0678. The van der Waals surface area contributed by atoms with Gasteiger partial charge in [0.1, 0.15) is 4.90 Å². The number of nitrogens with zero attached hydrogens (tertiary/aromatic N) is 2. The van der Waals surface area contributed by atoms with E-state index in [9.17, 15) is 18.3 Å². The molecule has 0 aliphatic carbocycles. The third kappa shape index (κ3) is 4.67. The molecule has 1 aromatic rings. The molecular weight excluding hydrogens is 420 g/mol. The predicted molar refractivity (Wildman–Crippen MR) is 112 cm³/mol. The summed E-state index contributed by atoms with van der Waals surface area (Å²) in [6.07, 6.45) is 2.35. The number of thioether (sulfide) groups is 1. The minimum absolute atomic E-state index is 0.000732. The Bertz CT molecular complexity index is 816. The molecular formula is C19H27ClN2O4S2. The average Bonchev–Trinajstić information content (AvgIpc) is 2.68. The molecule has 0 saturated carbocycles. The third-order valence-corrected chi connectivity index (χ3v) is 8.80. The van der Waals surface area contributed by atoms with Crippen LogP contribution < -0.4 is 0 Å². The molecule has 2 fully saturated rings. The maximum absolute atomic E-state index is 13.2. The summed E-state index contributed by atoms with van der Waals surface area (Å²) in [6.45, 7) is 3.59. The molecule has 6 nitrogen and oxygen atoms in total. The normalized spacial score (nSPS) is 24.3. The second-order valence-electron chi connectivity index (χ2n) is 7.50. The minimum atomic E-state index is -3.75. The first-order valence-corrected chi connectivity index (χ1v) is 12.6. The Morgan fingerprint density at radius 1 is 1.36 bits per heavy atom. The fraction of sp³-hybridized carbons (Fsp3) is 0.632. The number of rotatable bonds is 5. The number of amides is 1. The molecule has 28 heavy (non-hydrogen) atoms. The van der Waals surface area contributed by atoms with Crippen LogP contribution >= 0.6 is 23.4 Å². The van der Waals surface area contributed by atoms with Crippen molar-refractivity contribution in [2.24, 2.45) is 5.92 Å². The first-order valence-electron chi connectivity index (χ1n) is 9.64.